The predicted octanol–water partition coefficient (Wildman–Crippen LogP) is 4.06. The highest BCUT2D eigenvalue weighted by Crippen LogP contribution is 2.24. The summed E-state index contributed by atoms with van der Waals surface area (Å²) in [5.41, 5.74) is 1.10. The van der Waals surface area contributed by atoms with Gasteiger partial charge in [-0.05, 0) is 30.4 Å². The Kier molecular flexibility index (Phi) is 5.20. The Labute approximate surface area is 90.8 Å². The maximum Gasteiger partial charge on any atom is 0.0798 e. The van der Waals surface area contributed by atoms with E-state index in [-0.39, 0.29) is 6.10 Å². The maximum absolute atomic E-state index is 9.84. The number of hydrogen-bond donors (Lipinski definition) is 1. The average molecular weight is 212 g/mol. The van der Waals surface area contributed by atoms with Crippen molar-refractivity contribution in [3.05, 3.63) is 21.9 Å². The van der Waals surface area contributed by atoms with Crippen LogP contribution in [0.1, 0.15) is 55.6 Å². The Morgan fingerprint density at radius 1 is 1.36 bits per heavy atom. The molecule has 1 nitrogen and oxygen atoms in total. The molecule has 0 aliphatic rings. The minimum atomic E-state index is -0.239. The molecule has 0 spiro atoms. The van der Waals surface area contributed by atoms with E-state index in [1.54, 1.807) is 11.3 Å². The van der Waals surface area contributed by atoms with E-state index in [0.29, 0.717) is 0 Å². The van der Waals surface area contributed by atoms with Gasteiger partial charge in [0.1, 0.15) is 0 Å². The van der Waals surface area contributed by atoms with Gasteiger partial charge in [0.15, 0.2) is 0 Å². The zero-order chi connectivity index (χ0) is 10.4. The molecule has 1 heterocycles. The first-order valence-corrected chi connectivity index (χ1v) is 6.35. The van der Waals surface area contributed by atoms with Crippen molar-refractivity contribution in [1.29, 1.82) is 0 Å². The van der Waals surface area contributed by atoms with Crippen LogP contribution >= 0.6 is 11.3 Å². The molecule has 0 saturated heterocycles. The third-order valence-electron chi connectivity index (χ3n) is 2.47. The number of thiophene rings is 1. The molecule has 0 amide bonds. The fourth-order valence-electron chi connectivity index (χ4n) is 1.57. The van der Waals surface area contributed by atoms with Crippen molar-refractivity contribution in [2.75, 3.05) is 0 Å². The molecule has 1 aromatic rings. The van der Waals surface area contributed by atoms with Crippen LogP contribution in [0.25, 0.3) is 0 Å². The lowest BCUT2D eigenvalue weighted by Gasteiger charge is -2.07. The predicted molar refractivity (Wildman–Crippen MR) is 62.8 cm³/mol. The zero-order valence-electron chi connectivity index (χ0n) is 9.12. The van der Waals surface area contributed by atoms with Crippen LogP contribution in [0.5, 0.6) is 0 Å². The normalized spacial score (nSPS) is 13.1. The van der Waals surface area contributed by atoms with Crippen molar-refractivity contribution >= 4 is 11.3 Å². The third-order valence-corrected chi connectivity index (χ3v) is 3.35. The van der Waals surface area contributed by atoms with Crippen molar-refractivity contribution in [1.82, 2.24) is 0 Å². The molecule has 0 aliphatic heterocycles. The van der Waals surface area contributed by atoms with Gasteiger partial charge >= 0.3 is 0 Å². The number of unbranched alkanes of at least 4 members (excludes halogenated alkanes) is 3. The molecule has 80 valence electrons. The highest BCUT2D eigenvalue weighted by atomic mass is 32.1. The Balaban J connectivity index is 2.25. The maximum atomic E-state index is 9.84. The monoisotopic (exact) mass is 212 g/mol. The highest BCUT2D eigenvalue weighted by molar-refractivity contribution is 7.10. The van der Waals surface area contributed by atoms with E-state index in [1.807, 2.05) is 0 Å². The van der Waals surface area contributed by atoms with Crippen LogP contribution < -0.4 is 0 Å². The summed E-state index contributed by atoms with van der Waals surface area (Å²) in [4.78, 5) is 1.28. The van der Waals surface area contributed by atoms with Gasteiger partial charge < -0.3 is 5.11 Å². The van der Waals surface area contributed by atoms with Gasteiger partial charge in [-0.1, -0.05) is 32.6 Å². The zero-order valence-corrected chi connectivity index (χ0v) is 9.94. The van der Waals surface area contributed by atoms with E-state index < -0.39 is 0 Å². The van der Waals surface area contributed by atoms with E-state index in [1.165, 1.54) is 24.1 Å². The SMILES string of the molecule is CCCCCCC(O)c1csc(C)c1. The summed E-state index contributed by atoms with van der Waals surface area (Å²) in [6.45, 7) is 4.29. The molecule has 2 heteroatoms. The second-order valence-corrected chi connectivity index (χ2v) is 4.97. The van der Waals surface area contributed by atoms with Gasteiger partial charge in [-0.15, -0.1) is 11.3 Å². The molecule has 0 aromatic carbocycles. The first kappa shape index (κ1) is 11.7. The highest BCUT2D eigenvalue weighted by Gasteiger charge is 2.07. The number of rotatable bonds is 6. The van der Waals surface area contributed by atoms with Gasteiger partial charge in [0.05, 0.1) is 6.10 Å². The topological polar surface area (TPSA) is 20.2 Å². The largest absolute Gasteiger partial charge is 0.388 e. The molecule has 0 aliphatic carbocycles. The number of aryl methyl sites for hydroxylation is 1. The van der Waals surface area contributed by atoms with Gasteiger partial charge in [-0.25, -0.2) is 0 Å². The summed E-state index contributed by atoms with van der Waals surface area (Å²) in [5, 5.41) is 11.9. The van der Waals surface area contributed by atoms with E-state index >= 15 is 0 Å². The fourth-order valence-corrected chi connectivity index (χ4v) is 2.32. The molecule has 0 radical (unpaired) electrons. The summed E-state index contributed by atoms with van der Waals surface area (Å²) in [6, 6.07) is 2.09. The van der Waals surface area contributed by atoms with Crippen LogP contribution in [-0.2, 0) is 0 Å². The Morgan fingerprint density at radius 2 is 2.14 bits per heavy atom. The van der Waals surface area contributed by atoms with Gasteiger partial charge in [-0.2, -0.15) is 0 Å². The van der Waals surface area contributed by atoms with Crippen molar-refractivity contribution in [2.24, 2.45) is 0 Å². The van der Waals surface area contributed by atoms with Crippen molar-refractivity contribution in [2.45, 2.75) is 52.1 Å². The molecule has 1 unspecified atom stereocenters. The van der Waals surface area contributed by atoms with Crippen LogP contribution in [0.3, 0.4) is 0 Å². The second kappa shape index (κ2) is 6.20. The summed E-state index contributed by atoms with van der Waals surface area (Å²) in [5.74, 6) is 0. The average Bonchev–Trinajstić information content (AvgIpc) is 2.59. The van der Waals surface area contributed by atoms with Crippen LogP contribution in [0.2, 0.25) is 0 Å². The van der Waals surface area contributed by atoms with Gasteiger partial charge in [-0.3, -0.25) is 0 Å². The molecule has 1 rings (SSSR count). The molecule has 14 heavy (non-hydrogen) atoms. The van der Waals surface area contributed by atoms with Crippen molar-refractivity contribution < 1.29 is 5.11 Å². The van der Waals surface area contributed by atoms with E-state index in [9.17, 15) is 5.11 Å². The van der Waals surface area contributed by atoms with Gasteiger partial charge in [0.2, 0.25) is 0 Å². The van der Waals surface area contributed by atoms with Gasteiger partial charge in [0.25, 0.3) is 0 Å². The fraction of sp³-hybridized carbons (Fsp3) is 0.667. The lowest BCUT2D eigenvalue weighted by Crippen LogP contribution is -1.95. The van der Waals surface area contributed by atoms with Crippen LogP contribution in [-0.4, -0.2) is 5.11 Å². The lowest BCUT2D eigenvalue weighted by atomic mass is 10.1. The summed E-state index contributed by atoms with van der Waals surface area (Å²) in [6.07, 6.45) is 5.61. The Bertz CT molecular complexity index is 255. The first-order chi connectivity index (χ1) is 6.74. The van der Waals surface area contributed by atoms with Crippen molar-refractivity contribution in [3.63, 3.8) is 0 Å². The Hall–Kier alpha value is -0.340. The molecule has 1 atom stereocenters. The molecule has 0 saturated carbocycles. The molecule has 1 aromatic heterocycles. The Morgan fingerprint density at radius 3 is 2.71 bits per heavy atom. The van der Waals surface area contributed by atoms with Crippen LogP contribution in [0.15, 0.2) is 11.4 Å². The summed E-state index contributed by atoms with van der Waals surface area (Å²) >= 11 is 1.72. The van der Waals surface area contributed by atoms with E-state index in [2.05, 4.69) is 25.3 Å². The van der Waals surface area contributed by atoms with Crippen molar-refractivity contribution in [3.8, 4) is 0 Å². The molecule has 0 bridgehead atoms. The first-order valence-electron chi connectivity index (χ1n) is 5.47. The number of aliphatic hydroxyl groups is 1. The molecule has 0 fully saturated rings. The number of aliphatic hydroxyl groups excluding tert-OH is 1. The minimum absolute atomic E-state index is 0.239. The minimum Gasteiger partial charge on any atom is -0.388 e. The molecular weight excluding hydrogens is 192 g/mol. The summed E-state index contributed by atoms with van der Waals surface area (Å²) in [7, 11) is 0. The lowest BCUT2D eigenvalue weighted by molar-refractivity contribution is 0.164. The van der Waals surface area contributed by atoms with Crippen LogP contribution in [0.4, 0.5) is 0 Å². The smallest absolute Gasteiger partial charge is 0.0798 e. The van der Waals surface area contributed by atoms with Crippen LogP contribution in [0, 0.1) is 6.92 Å². The number of hydrogen-bond acceptors (Lipinski definition) is 2. The van der Waals surface area contributed by atoms with Gasteiger partial charge in [0, 0.05) is 4.88 Å². The summed E-state index contributed by atoms with van der Waals surface area (Å²) < 4.78 is 0. The molecule has 1 N–H and O–H groups in total. The third kappa shape index (κ3) is 3.81. The van der Waals surface area contributed by atoms with E-state index in [0.717, 1.165) is 18.4 Å². The molecular formula is C12H20OS. The standard InChI is InChI=1S/C12H20OS/c1-3-4-5-6-7-12(13)11-8-10(2)14-9-11/h8-9,12-13H,3-7H2,1-2H3. The quantitative estimate of drug-likeness (QED) is 0.705. The second-order valence-electron chi connectivity index (χ2n) is 3.86. The van der Waals surface area contributed by atoms with E-state index in [4.69, 9.17) is 0 Å².